The summed E-state index contributed by atoms with van der Waals surface area (Å²) in [6.07, 6.45) is 7.21. The lowest BCUT2D eigenvalue weighted by molar-refractivity contribution is 0.363. The zero-order valence-electron chi connectivity index (χ0n) is 11.1. The lowest BCUT2D eigenvalue weighted by Gasteiger charge is -2.16. The fourth-order valence-electron chi connectivity index (χ4n) is 1.57. The van der Waals surface area contributed by atoms with Gasteiger partial charge in [0.15, 0.2) is 0 Å². The van der Waals surface area contributed by atoms with Gasteiger partial charge in [0, 0.05) is 6.54 Å². The molecule has 0 amide bonds. The molecule has 0 aliphatic rings. The van der Waals surface area contributed by atoms with E-state index in [0.717, 1.165) is 12.3 Å². The lowest BCUT2D eigenvalue weighted by Crippen LogP contribution is -2.31. The monoisotopic (exact) mass is 243 g/mol. The average molecular weight is 243 g/mol. The summed E-state index contributed by atoms with van der Waals surface area (Å²) < 4.78 is 5.42. The molecule has 2 nitrogen and oxygen atoms in total. The Morgan fingerprint density at radius 1 is 1.39 bits per heavy atom. The van der Waals surface area contributed by atoms with E-state index in [9.17, 15) is 0 Å². The highest BCUT2D eigenvalue weighted by Gasteiger charge is 2.08. The van der Waals surface area contributed by atoms with Crippen LogP contribution in [0.1, 0.15) is 19.4 Å². The molecule has 1 aromatic carbocycles. The molecule has 0 heterocycles. The van der Waals surface area contributed by atoms with Gasteiger partial charge >= 0.3 is 0 Å². The maximum atomic E-state index is 5.47. The molecule has 1 atom stereocenters. The smallest absolute Gasteiger partial charge is 0.119 e. The second kappa shape index (κ2) is 7.58. The first kappa shape index (κ1) is 14.3. The van der Waals surface area contributed by atoms with Crippen molar-refractivity contribution in [3.63, 3.8) is 0 Å². The number of nitrogens with one attached hydrogen (secondary N) is 1. The molecule has 0 saturated heterocycles. The minimum Gasteiger partial charge on any atom is -0.490 e. The van der Waals surface area contributed by atoms with Gasteiger partial charge < -0.3 is 4.74 Å². The number of ether oxygens (including phenoxy) is 1. The largest absolute Gasteiger partial charge is 0.490 e. The Morgan fingerprint density at radius 2 is 2.06 bits per heavy atom. The van der Waals surface area contributed by atoms with Gasteiger partial charge in [-0.3, -0.25) is 5.32 Å². The Labute approximate surface area is 110 Å². The second-order valence-corrected chi connectivity index (χ2v) is 4.51. The van der Waals surface area contributed by atoms with Crippen LogP contribution in [0.4, 0.5) is 0 Å². The third-order valence-electron chi connectivity index (χ3n) is 2.66. The molecule has 0 aromatic heterocycles. The standard InChI is InChI=1S/C16H21NO/c1-5-11-18-15-9-7-14(8-10-15)12-17-16(6-2)13(3)4/h2,5,7-10,13,16-17H,1,11-12H2,3-4H3. The maximum Gasteiger partial charge on any atom is 0.119 e. The van der Waals surface area contributed by atoms with Gasteiger partial charge in [-0.05, 0) is 23.6 Å². The summed E-state index contributed by atoms with van der Waals surface area (Å²) >= 11 is 0. The first-order valence-corrected chi connectivity index (χ1v) is 6.19. The topological polar surface area (TPSA) is 21.3 Å². The Balaban J connectivity index is 2.48. The van der Waals surface area contributed by atoms with Crippen molar-refractivity contribution in [2.45, 2.75) is 26.4 Å². The van der Waals surface area contributed by atoms with Crippen molar-refractivity contribution in [2.75, 3.05) is 6.61 Å². The van der Waals surface area contributed by atoms with Crippen LogP contribution in [0.2, 0.25) is 0 Å². The van der Waals surface area contributed by atoms with E-state index in [2.05, 4.69) is 31.7 Å². The summed E-state index contributed by atoms with van der Waals surface area (Å²) in [4.78, 5) is 0. The molecule has 2 heteroatoms. The van der Waals surface area contributed by atoms with E-state index in [1.807, 2.05) is 24.3 Å². The second-order valence-electron chi connectivity index (χ2n) is 4.51. The zero-order chi connectivity index (χ0) is 13.4. The van der Waals surface area contributed by atoms with Crippen LogP contribution in [-0.2, 0) is 6.54 Å². The van der Waals surface area contributed by atoms with Crippen molar-refractivity contribution in [2.24, 2.45) is 5.92 Å². The van der Waals surface area contributed by atoms with Gasteiger partial charge in [-0.25, -0.2) is 0 Å². The van der Waals surface area contributed by atoms with Crippen molar-refractivity contribution in [3.8, 4) is 18.1 Å². The van der Waals surface area contributed by atoms with Gasteiger partial charge in [0.1, 0.15) is 12.4 Å². The molecule has 0 fully saturated rings. The minimum absolute atomic E-state index is 0.113. The van der Waals surface area contributed by atoms with E-state index in [1.165, 1.54) is 5.56 Å². The van der Waals surface area contributed by atoms with Crippen molar-refractivity contribution >= 4 is 0 Å². The average Bonchev–Trinajstić information content (AvgIpc) is 2.38. The number of hydrogen-bond acceptors (Lipinski definition) is 2. The number of terminal acetylenes is 1. The molecule has 96 valence electrons. The molecule has 0 aliphatic heterocycles. The van der Waals surface area contributed by atoms with Gasteiger partial charge in [0.25, 0.3) is 0 Å². The van der Waals surface area contributed by atoms with Crippen LogP contribution in [0.5, 0.6) is 5.75 Å². The van der Waals surface area contributed by atoms with Crippen molar-refractivity contribution < 1.29 is 4.74 Å². The zero-order valence-corrected chi connectivity index (χ0v) is 11.1. The first-order valence-electron chi connectivity index (χ1n) is 6.19. The van der Waals surface area contributed by atoms with Crippen LogP contribution >= 0.6 is 0 Å². The molecular weight excluding hydrogens is 222 g/mol. The molecule has 1 aromatic rings. The van der Waals surface area contributed by atoms with Gasteiger partial charge in [0.2, 0.25) is 0 Å². The highest BCUT2D eigenvalue weighted by Crippen LogP contribution is 2.12. The third kappa shape index (κ3) is 4.65. The molecule has 1 rings (SSSR count). The van der Waals surface area contributed by atoms with Gasteiger partial charge in [0.05, 0.1) is 6.04 Å². The Morgan fingerprint density at radius 3 is 2.56 bits per heavy atom. The predicted octanol–water partition coefficient (Wildman–Crippen LogP) is 3.00. The summed E-state index contributed by atoms with van der Waals surface area (Å²) in [6.45, 7) is 9.15. The molecule has 0 radical (unpaired) electrons. The Hall–Kier alpha value is -1.72. The first-order chi connectivity index (χ1) is 8.67. The van der Waals surface area contributed by atoms with Crippen molar-refractivity contribution in [1.82, 2.24) is 5.32 Å². The Bertz CT molecular complexity index is 400. The molecule has 0 bridgehead atoms. The summed E-state index contributed by atoms with van der Waals surface area (Å²) in [5.41, 5.74) is 1.20. The number of benzene rings is 1. The van der Waals surface area contributed by atoms with Crippen molar-refractivity contribution in [3.05, 3.63) is 42.5 Å². The van der Waals surface area contributed by atoms with Crippen LogP contribution in [0.3, 0.4) is 0 Å². The van der Waals surface area contributed by atoms with E-state index < -0.39 is 0 Å². The summed E-state index contributed by atoms with van der Waals surface area (Å²) in [5, 5.41) is 3.35. The normalized spacial score (nSPS) is 11.9. The molecule has 0 saturated carbocycles. The summed E-state index contributed by atoms with van der Waals surface area (Å²) in [6, 6.07) is 8.11. The molecule has 1 N–H and O–H groups in total. The van der Waals surface area contributed by atoms with E-state index in [-0.39, 0.29) is 6.04 Å². The highest BCUT2D eigenvalue weighted by molar-refractivity contribution is 5.27. The van der Waals surface area contributed by atoms with Crippen LogP contribution in [0, 0.1) is 18.3 Å². The van der Waals surface area contributed by atoms with Crippen LogP contribution in [0.15, 0.2) is 36.9 Å². The van der Waals surface area contributed by atoms with Crippen LogP contribution in [0.25, 0.3) is 0 Å². The van der Waals surface area contributed by atoms with Crippen LogP contribution < -0.4 is 10.1 Å². The predicted molar refractivity (Wildman–Crippen MR) is 76.4 cm³/mol. The molecule has 18 heavy (non-hydrogen) atoms. The highest BCUT2D eigenvalue weighted by atomic mass is 16.5. The number of rotatable bonds is 7. The van der Waals surface area contributed by atoms with Gasteiger partial charge in [-0.1, -0.05) is 44.6 Å². The Kier molecular flexibility index (Phi) is 6.04. The van der Waals surface area contributed by atoms with Crippen LogP contribution in [-0.4, -0.2) is 12.6 Å². The van der Waals surface area contributed by atoms with E-state index >= 15 is 0 Å². The maximum absolute atomic E-state index is 5.47. The molecular formula is C16H21NO. The fraction of sp³-hybridized carbons (Fsp3) is 0.375. The lowest BCUT2D eigenvalue weighted by atomic mass is 10.1. The fourth-order valence-corrected chi connectivity index (χ4v) is 1.57. The third-order valence-corrected chi connectivity index (χ3v) is 2.66. The molecule has 0 spiro atoms. The minimum atomic E-state index is 0.113. The quantitative estimate of drug-likeness (QED) is 0.587. The SMILES string of the molecule is C#CC(NCc1ccc(OCC=C)cc1)C(C)C. The van der Waals surface area contributed by atoms with Gasteiger partial charge in [-0.15, -0.1) is 6.42 Å². The van der Waals surface area contributed by atoms with Crippen molar-refractivity contribution in [1.29, 1.82) is 0 Å². The summed E-state index contributed by atoms with van der Waals surface area (Å²) in [5.74, 6) is 4.06. The molecule has 0 aliphatic carbocycles. The van der Waals surface area contributed by atoms with E-state index in [0.29, 0.717) is 12.5 Å². The molecule has 1 unspecified atom stereocenters. The van der Waals surface area contributed by atoms with Gasteiger partial charge in [-0.2, -0.15) is 0 Å². The van der Waals surface area contributed by atoms with E-state index in [1.54, 1.807) is 6.08 Å². The van der Waals surface area contributed by atoms with E-state index in [4.69, 9.17) is 11.2 Å². The number of hydrogen-bond donors (Lipinski definition) is 1. The summed E-state index contributed by atoms with van der Waals surface area (Å²) in [7, 11) is 0.